The first-order chi connectivity index (χ1) is 16.6. The lowest BCUT2D eigenvalue weighted by atomic mass is 10.0. The highest BCUT2D eigenvalue weighted by atomic mass is 16.5. The van der Waals surface area contributed by atoms with Crippen LogP contribution in [0.1, 0.15) is 38.8 Å². The van der Waals surface area contributed by atoms with Crippen molar-refractivity contribution in [2.45, 2.75) is 13.5 Å². The number of esters is 1. The molecule has 1 aromatic heterocycles. The van der Waals surface area contributed by atoms with E-state index >= 15 is 0 Å². The molecule has 0 aliphatic carbocycles. The number of nitrogens with one attached hydrogen (secondary N) is 1. The number of benzene rings is 3. The number of nitriles is 1. The Morgan fingerprint density at radius 2 is 1.74 bits per heavy atom. The Bertz CT molecular complexity index is 1350. The molecule has 0 spiro atoms. The topological polar surface area (TPSA) is 84.1 Å². The fourth-order valence-corrected chi connectivity index (χ4v) is 3.68. The summed E-state index contributed by atoms with van der Waals surface area (Å²) in [4.78, 5) is 25.2. The zero-order chi connectivity index (χ0) is 23.9. The number of anilines is 1. The molecule has 3 aromatic carbocycles. The van der Waals surface area contributed by atoms with Gasteiger partial charge in [-0.15, -0.1) is 0 Å². The van der Waals surface area contributed by atoms with Gasteiger partial charge in [-0.05, 0) is 54.4 Å². The average molecular weight is 450 g/mol. The quantitative estimate of drug-likeness (QED) is 0.377. The smallest absolute Gasteiger partial charge is 0.340 e. The van der Waals surface area contributed by atoms with Gasteiger partial charge >= 0.3 is 5.97 Å². The maximum Gasteiger partial charge on any atom is 0.340 e. The second-order valence-corrected chi connectivity index (χ2v) is 7.69. The summed E-state index contributed by atoms with van der Waals surface area (Å²) in [5, 5.41) is 12.0. The van der Waals surface area contributed by atoms with E-state index in [1.54, 1.807) is 31.3 Å². The van der Waals surface area contributed by atoms with E-state index in [2.05, 4.69) is 11.4 Å². The van der Waals surface area contributed by atoms with Gasteiger partial charge in [-0.2, -0.15) is 5.26 Å². The Kier molecular flexibility index (Phi) is 6.85. The molecule has 0 aliphatic rings. The van der Waals surface area contributed by atoms with Gasteiger partial charge < -0.3 is 14.6 Å². The molecule has 0 unspecified atom stereocenters. The summed E-state index contributed by atoms with van der Waals surface area (Å²) in [6, 6.07) is 25.9. The van der Waals surface area contributed by atoms with E-state index in [4.69, 9.17) is 10.00 Å². The van der Waals surface area contributed by atoms with Crippen LogP contribution < -0.4 is 5.32 Å². The largest absolute Gasteiger partial charge is 0.462 e. The Balaban J connectivity index is 1.61. The van der Waals surface area contributed by atoms with Crippen LogP contribution >= 0.6 is 0 Å². The average Bonchev–Trinajstić information content (AvgIpc) is 3.29. The van der Waals surface area contributed by atoms with Crippen molar-refractivity contribution in [2.75, 3.05) is 11.9 Å². The van der Waals surface area contributed by atoms with Crippen LogP contribution in [-0.2, 0) is 11.3 Å². The lowest BCUT2D eigenvalue weighted by Crippen LogP contribution is -2.11. The molecule has 0 bridgehead atoms. The maximum atomic E-state index is 12.6. The Morgan fingerprint density at radius 1 is 0.971 bits per heavy atom. The first kappa shape index (κ1) is 22.6. The number of amides is 1. The van der Waals surface area contributed by atoms with Gasteiger partial charge in [0.05, 0.1) is 23.8 Å². The number of ether oxygens (including phenoxy) is 1. The zero-order valence-electron chi connectivity index (χ0n) is 18.7. The molecule has 0 atom stereocenters. The molecule has 6 heteroatoms. The van der Waals surface area contributed by atoms with Gasteiger partial charge in [0.1, 0.15) is 0 Å². The standard InChI is InChI=1S/C28H23N3O3/c1-2-34-28(33)26-19-31(17-21-8-6-7-20(15-21)16-29)18-25(26)22-11-13-23(14-12-22)27(32)30-24-9-4-3-5-10-24/h3-15,18-19H,2,17H2,1H3,(H,30,32). The lowest BCUT2D eigenvalue weighted by molar-refractivity contribution is 0.0527. The van der Waals surface area contributed by atoms with E-state index < -0.39 is 5.97 Å². The third-order valence-corrected chi connectivity index (χ3v) is 5.29. The third-order valence-electron chi connectivity index (χ3n) is 5.29. The van der Waals surface area contributed by atoms with E-state index in [9.17, 15) is 9.59 Å². The van der Waals surface area contributed by atoms with E-state index in [0.29, 0.717) is 28.8 Å². The predicted molar refractivity (Wildman–Crippen MR) is 130 cm³/mol. The molecule has 34 heavy (non-hydrogen) atoms. The van der Waals surface area contributed by atoms with E-state index in [0.717, 1.165) is 16.8 Å². The molecule has 0 saturated heterocycles. The summed E-state index contributed by atoms with van der Waals surface area (Å²) >= 11 is 0. The molecule has 1 amide bonds. The highest BCUT2D eigenvalue weighted by molar-refractivity contribution is 6.04. The number of carbonyl (C=O) groups is 2. The molecule has 168 valence electrons. The third kappa shape index (κ3) is 5.22. The van der Waals surface area contributed by atoms with Gasteiger partial charge in [-0.1, -0.05) is 42.5 Å². The minimum Gasteiger partial charge on any atom is -0.462 e. The van der Waals surface area contributed by atoms with Crippen molar-refractivity contribution in [3.8, 4) is 17.2 Å². The van der Waals surface area contributed by atoms with Crippen LogP contribution in [0.2, 0.25) is 0 Å². The molecular weight excluding hydrogens is 426 g/mol. The van der Waals surface area contributed by atoms with E-state index in [1.807, 2.05) is 71.4 Å². The van der Waals surface area contributed by atoms with Crippen molar-refractivity contribution in [3.63, 3.8) is 0 Å². The Labute approximate surface area is 198 Å². The molecule has 0 aliphatic heterocycles. The van der Waals surface area contributed by atoms with Gasteiger partial charge in [-0.3, -0.25) is 4.79 Å². The highest BCUT2D eigenvalue weighted by Crippen LogP contribution is 2.27. The summed E-state index contributed by atoms with van der Waals surface area (Å²) in [5.41, 5.74) is 4.72. The molecule has 1 N–H and O–H groups in total. The minimum absolute atomic E-state index is 0.210. The van der Waals surface area contributed by atoms with Gasteiger partial charge in [0, 0.05) is 35.8 Å². The van der Waals surface area contributed by atoms with Crippen LogP contribution in [-0.4, -0.2) is 23.1 Å². The summed E-state index contributed by atoms with van der Waals surface area (Å²) in [7, 11) is 0. The number of rotatable bonds is 7. The summed E-state index contributed by atoms with van der Waals surface area (Å²) in [6.45, 7) is 2.54. The fourth-order valence-electron chi connectivity index (χ4n) is 3.68. The SMILES string of the molecule is CCOC(=O)c1cn(Cc2cccc(C#N)c2)cc1-c1ccc(C(=O)Nc2ccccc2)cc1. The molecule has 4 aromatic rings. The van der Waals surface area contributed by atoms with Crippen LogP contribution in [0.3, 0.4) is 0 Å². The highest BCUT2D eigenvalue weighted by Gasteiger charge is 2.18. The van der Waals surface area contributed by atoms with Crippen LogP contribution in [0.25, 0.3) is 11.1 Å². The van der Waals surface area contributed by atoms with E-state index in [1.165, 1.54) is 0 Å². The van der Waals surface area contributed by atoms with Gasteiger partial charge in [0.15, 0.2) is 0 Å². The zero-order valence-corrected chi connectivity index (χ0v) is 18.7. The maximum absolute atomic E-state index is 12.6. The molecule has 1 heterocycles. The number of hydrogen-bond donors (Lipinski definition) is 1. The molecule has 6 nitrogen and oxygen atoms in total. The predicted octanol–water partition coefficient (Wildman–Crippen LogP) is 5.50. The Morgan fingerprint density at radius 3 is 2.44 bits per heavy atom. The second-order valence-electron chi connectivity index (χ2n) is 7.69. The van der Waals surface area contributed by atoms with Crippen molar-refractivity contribution in [1.82, 2.24) is 4.57 Å². The second kappa shape index (κ2) is 10.3. The van der Waals surface area contributed by atoms with Gasteiger partial charge in [0.2, 0.25) is 0 Å². The van der Waals surface area contributed by atoms with Crippen molar-refractivity contribution in [3.05, 3.63) is 114 Å². The van der Waals surface area contributed by atoms with Crippen LogP contribution in [0.4, 0.5) is 5.69 Å². The number of aromatic nitrogens is 1. The summed E-state index contributed by atoms with van der Waals surface area (Å²) in [5.74, 6) is -0.619. The number of hydrogen-bond acceptors (Lipinski definition) is 4. The van der Waals surface area contributed by atoms with Crippen LogP contribution in [0, 0.1) is 11.3 Å². The number of para-hydroxylation sites is 1. The normalized spacial score (nSPS) is 10.4. The monoisotopic (exact) mass is 449 g/mol. The fraction of sp³-hybridized carbons (Fsp3) is 0.107. The molecule has 0 fully saturated rings. The lowest BCUT2D eigenvalue weighted by Gasteiger charge is -2.07. The summed E-state index contributed by atoms with van der Waals surface area (Å²) < 4.78 is 7.16. The van der Waals surface area contributed by atoms with Crippen molar-refractivity contribution in [1.29, 1.82) is 5.26 Å². The molecule has 0 radical (unpaired) electrons. The number of nitrogens with zero attached hydrogens (tertiary/aromatic N) is 2. The van der Waals surface area contributed by atoms with Crippen molar-refractivity contribution < 1.29 is 14.3 Å². The number of carbonyl (C=O) groups excluding carboxylic acids is 2. The molecule has 4 rings (SSSR count). The molecular formula is C28H23N3O3. The molecule has 0 saturated carbocycles. The Hall–Kier alpha value is -4.63. The first-order valence-electron chi connectivity index (χ1n) is 10.9. The van der Waals surface area contributed by atoms with Crippen molar-refractivity contribution >= 4 is 17.6 Å². The van der Waals surface area contributed by atoms with Crippen LogP contribution in [0.5, 0.6) is 0 Å². The van der Waals surface area contributed by atoms with E-state index in [-0.39, 0.29) is 12.5 Å². The van der Waals surface area contributed by atoms with Gasteiger partial charge in [0.25, 0.3) is 5.91 Å². The van der Waals surface area contributed by atoms with Gasteiger partial charge in [-0.25, -0.2) is 4.79 Å². The van der Waals surface area contributed by atoms with Crippen LogP contribution in [0.15, 0.2) is 91.3 Å². The first-order valence-corrected chi connectivity index (χ1v) is 10.9. The minimum atomic E-state index is -0.409. The van der Waals surface area contributed by atoms with Crippen molar-refractivity contribution in [2.24, 2.45) is 0 Å². The summed E-state index contributed by atoms with van der Waals surface area (Å²) in [6.07, 6.45) is 3.63.